The maximum absolute atomic E-state index is 14.9. The molecule has 1 aromatic rings. The standard InChI is InChI=1S/C35H51FN4O7/c1-24-6-8-30(41)22-33(43)47-34(25(2)7-9-31(24)46-35(44)39-12-10-37(4)11-13-39)26(3)18-27-19-28(36)21-29(20-27)40-15-14-38(16-17-45-5)32(42)23-40/h7,9,18-21,24-25,30-31,34,41H,6,8,10-17,22-23H2,1-5H3/b9-7+,26-18+/t24-,25+,30+,31-,34+/m1/s1. The number of hydrogen-bond acceptors (Lipinski definition) is 9. The summed E-state index contributed by atoms with van der Waals surface area (Å²) in [6.07, 6.45) is 3.79. The highest BCUT2D eigenvalue weighted by Crippen LogP contribution is 2.28. The Morgan fingerprint density at radius 1 is 1.06 bits per heavy atom. The summed E-state index contributed by atoms with van der Waals surface area (Å²) in [4.78, 5) is 46.2. The number of esters is 1. The minimum atomic E-state index is -0.897. The van der Waals surface area contributed by atoms with E-state index in [1.54, 1.807) is 23.0 Å². The van der Waals surface area contributed by atoms with Gasteiger partial charge >= 0.3 is 12.1 Å². The lowest BCUT2D eigenvalue weighted by Crippen LogP contribution is -2.51. The SMILES string of the molecule is COCCN1CCN(c2cc(F)cc(/C=C(\C)[C@H]3OC(=O)C[C@@H](O)CC[C@@H](C)[C@H](OC(=O)N4CCN(C)CC4)/C=C/[C@@H]3C)c2)CC1=O. The number of methoxy groups -OCH3 is 1. The van der Waals surface area contributed by atoms with Crippen LogP contribution in [0.2, 0.25) is 0 Å². The van der Waals surface area contributed by atoms with E-state index >= 15 is 0 Å². The first-order chi connectivity index (χ1) is 22.4. The fourth-order valence-corrected chi connectivity index (χ4v) is 6.20. The van der Waals surface area contributed by atoms with Crippen LogP contribution in [0.4, 0.5) is 14.9 Å². The lowest BCUT2D eigenvalue weighted by atomic mass is 9.91. The molecular weight excluding hydrogens is 607 g/mol. The van der Waals surface area contributed by atoms with Gasteiger partial charge in [-0.2, -0.15) is 0 Å². The van der Waals surface area contributed by atoms with Crippen LogP contribution in [0, 0.1) is 17.7 Å². The Bertz CT molecular complexity index is 1300. The van der Waals surface area contributed by atoms with Gasteiger partial charge in [0.25, 0.3) is 0 Å². The summed E-state index contributed by atoms with van der Waals surface area (Å²) in [6, 6.07) is 4.64. The second-order valence-electron chi connectivity index (χ2n) is 13.1. The number of cyclic esters (lactones) is 1. The van der Waals surface area contributed by atoms with Crippen LogP contribution in [0.25, 0.3) is 6.08 Å². The van der Waals surface area contributed by atoms with Gasteiger partial charge in [0.15, 0.2) is 0 Å². The van der Waals surface area contributed by atoms with E-state index in [0.717, 1.165) is 13.1 Å². The molecule has 11 nitrogen and oxygen atoms in total. The molecule has 12 heteroatoms. The number of carbonyl (C=O) groups excluding carboxylic acids is 3. The molecule has 47 heavy (non-hydrogen) atoms. The minimum Gasteiger partial charge on any atom is -0.457 e. The average molecular weight is 659 g/mol. The first-order valence-electron chi connectivity index (χ1n) is 16.6. The number of carbonyl (C=O) groups is 3. The number of aliphatic hydroxyl groups is 1. The zero-order valence-corrected chi connectivity index (χ0v) is 28.4. The first kappa shape index (κ1) is 36.4. The average Bonchev–Trinajstić information content (AvgIpc) is 3.03. The maximum atomic E-state index is 14.9. The molecule has 3 aliphatic heterocycles. The molecule has 1 aromatic carbocycles. The van der Waals surface area contributed by atoms with Crippen molar-refractivity contribution in [2.45, 2.75) is 58.3 Å². The van der Waals surface area contributed by atoms with Gasteiger partial charge < -0.3 is 38.9 Å². The maximum Gasteiger partial charge on any atom is 0.410 e. The smallest absolute Gasteiger partial charge is 0.410 e. The van der Waals surface area contributed by atoms with Crippen molar-refractivity contribution >= 4 is 29.7 Å². The van der Waals surface area contributed by atoms with E-state index in [2.05, 4.69) is 4.90 Å². The van der Waals surface area contributed by atoms with E-state index in [1.807, 2.05) is 50.9 Å². The molecule has 3 heterocycles. The number of anilines is 1. The molecule has 260 valence electrons. The molecule has 2 saturated heterocycles. The molecule has 5 atom stereocenters. The van der Waals surface area contributed by atoms with Crippen molar-refractivity contribution < 1.29 is 38.1 Å². The van der Waals surface area contributed by atoms with Crippen molar-refractivity contribution in [1.82, 2.24) is 14.7 Å². The number of likely N-dealkylation sites (N-methyl/N-ethyl adjacent to an activating group) is 1. The number of amides is 2. The van der Waals surface area contributed by atoms with Crippen LogP contribution < -0.4 is 4.90 Å². The molecule has 0 saturated carbocycles. The fourth-order valence-electron chi connectivity index (χ4n) is 6.20. The summed E-state index contributed by atoms with van der Waals surface area (Å²) >= 11 is 0. The van der Waals surface area contributed by atoms with Crippen molar-refractivity contribution in [3.63, 3.8) is 0 Å². The molecule has 0 unspecified atom stereocenters. The van der Waals surface area contributed by atoms with Crippen LogP contribution in [-0.4, -0.2) is 129 Å². The Morgan fingerprint density at radius 3 is 2.51 bits per heavy atom. The van der Waals surface area contributed by atoms with Crippen LogP contribution in [0.15, 0.2) is 35.9 Å². The van der Waals surface area contributed by atoms with Gasteiger partial charge in [0.05, 0.1) is 25.7 Å². The number of benzene rings is 1. The Hall–Kier alpha value is -3.48. The van der Waals surface area contributed by atoms with E-state index in [0.29, 0.717) is 69.0 Å². The summed E-state index contributed by atoms with van der Waals surface area (Å²) in [7, 11) is 3.62. The van der Waals surface area contributed by atoms with E-state index in [9.17, 15) is 23.9 Å². The predicted octanol–water partition coefficient (Wildman–Crippen LogP) is 3.56. The number of piperazine rings is 2. The molecule has 0 spiro atoms. The Kier molecular flexibility index (Phi) is 13.2. The van der Waals surface area contributed by atoms with Gasteiger partial charge in [-0.25, -0.2) is 9.18 Å². The van der Waals surface area contributed by atoms with Gasteiger partial charge in [-0.05, 0) is 68.1 Å². The summed E-state index contributed by atoms with van der Waals surface area (Å²) in [5.41, 5.74) is 1.84. The topological polar surface area (TPSA) is 112 Å². The number of halogens is 1. The van der Waals surface area contributed by atoms with Gasteiger partial charge in [0.2, 0.25) is 5.91 Å². The second kappa shape index (κ2) is 17.1. The zero-order valence-electron chi connectivity index (χ0n) is 28.4. The van der Waals surface area contributed by atoms with Gasteiger partial charge in [-0.15, -0.1) is 0 Å². The third kappa shape index (κ3) is 10.5. The van der Waals surface area contributed by atoms with Crippen LogP contribution in [0.5, 0.6) is 0 Å². The summed E-state index contributed by atoms with van der Waals surface area (Å²) in [5, 5.41) is 10.6. The van der Waals surface area contributed by atoms with Crippen LogP contribution >= 0.6 is 0 Å². The molecule has 0 aliphatic carbocycles. The lowest BCUT2D eigenvalue weighted by Gasteiger charge is -2.35. The molecular formula is C35H51FN4O7. The minimum absolute atomic E-state index is 0.0457. The number of nitrogens with zero attached hydrogens (tertiary/aromatic N) is 4. The highest BCUT2D eigenvalue weighted by Gasteiger charge is 2.29. The number of rotatable bonds is 7. The quantitative estimate of drug-likeness (QED) is 0.347. The molecule has 2 fully saturated rings. The molecule has 0 radical (unpaired) electrons. The fraction of sp³-hybridized carbons (Fsp3) is 0.629. The van der Waals surface area contributed by atoms with Gasteiger partial charge in [0, 0.05) is 64.5 Å². The molecule has 0 aromatic heterocycles. The van der Waals surface area contributed by atoms with E-state index in [4.69, 9.17) is 14.2 Å². The van der Waals surface area contributed by atoms with Crippen molar-refractivity contribution in [3.05, 3.63) is 47.3 Å². The second-order valence-corrected chi connectivity index (χ2v) is 13.1. The van der Waals surface area contributed by atoms with Gasteiger partial charge in [-0.1, -0.05) is 26.0 Å². The van der Waals surface area contributed by atoms with Gasteiger partial charge in [0.1, 0.15) is 18.0 Å². The summed E-state index contributed by atoms with van der Waals surface area (Å²) < 4.78 is 31.9. The zero-order chi connectivity index (χ0) is 34.1. The van der Waals surface area contributed by atoms with Crippen LogP contribution in [0.1, 0.15) is 45.6 Å². The van der Waals surface area contributed by atoms with Crippen LogP contribution in [-0.2, 0) is 23.8 Å². The highest BCUT2D eigenvalue weighted by molar-refractivity contribution is 5.83. The Balaban J connectivity index is 1.54. The monoisotopic (exact) mass is 658 g/mol. The third-order valence-electron chi connectivity index (χ3n) is 9.25. The third-order valence-corrected chi connectivity index (χ3v) is 9.25. The molecule has 3 aliphatic rings. The predicted molar refractivity (Wildman–Crippen MR) is 177 cm³/mol. The van der Waals surface area contributed by atoms with Crippen molar-refractivity contribution in [2.24, 2.45) is 11.8 Å². The normalized spacial score (nSPS) is 27.9. The van der Waals surface area contributed by atoms with Crippen LogP contribution in [0.3, 0.4) is 0 Å². The van der Waals surface area contributed by atoms with Crippen molar-refractivity contribution in [3.8, 4) is 0 Å². The van der Waals surface area contributed by atoms with E-state index in [-0.39, 0.29) is 36.8 Å². The summed E-state index contributed by atoms with van der Waals surface area (Å²) in [6.45, 7) is 10.6. The Morgan fingerprint density at radius 2 is 1.81 bits per heavy atom. The lowest BCUT2D eigenvalue weighted by molar-refractivity contribution is -0.151. The number of aliphatic hydroxyl groups excluding tert-OH is 1. The largest absolute Gasteiger partial charge is 0.457 e. The molecule has 0 bridgehead atoms. The van der Waals surface area contributed by atoms with Crippen molar-refractivity contribution in [2.75, 3.05) is 78.0 Å². The molecule has 4 rings (SSSR count). The summed E-state index contributed by atoms with van der Waals surface area (Å²) in [5.74, 6) is -1.42. The Labute approximate surface area is 277 Å². The number of hydrogen-bond donors (Lipinski definition) is 1. The van der Waals surface area contributed by atoms with E-state index in [1.165, 1.54) is 12.1 Å². The van der Waals surface area contributed by atoms with Crippen molar-refractivity contribution in [1.29, 1.82) is 0 Å². The first-order valence-corrected chi connectivity index (χ1v) is 16.6. The van der Waals surface area contributed by atoms with E-state index < -0.39 is 30.1 Å². The highest BCUT2D eigenvalue weighted by atomic mass is 19.1. The molecule has 2 amide bonds. The number of ether oxygens (including phenoxy) is 3. The molecule has 1 N–H and O–H groups in total. The van der Waals surface area contributed by atoms with Gasteiger partial charge in [-0.3, -0.25) is 9.59 Å².